The van der Waals surface area contributed by atoms with E-state index in [4.69, 9.17) is 4.74 Å². The summed E-state index contributed by atoms with van der Waals surface area (Å²) in [5.74, 6) is -0.911. The first kappa shape index (κ1) is 18.8. The molecule has 0 radical (unpaired) electrons. The van der Waals surface area contributed by atoms with Crippen LogP contribution >= 0.6 is 0 Å². The lowest BCUT2D eigenvalue weighted by atomic mass is 10.2. The van der Waals surface area contributed by atoms with Gasteiger partial charge in [0.1, 0.15) is 0 Å². The maximum Gasteiger partial charge on any atom is 0.434 e. The van der Waals surface area contributed by atoms with Crippen LogP contribution in [0.25, 0.3) is 5.69 Å². The van der Waals surface area contributed by atoms with Gasteiger partial charge in [-0.15, -0.1) is 0 Å². The van der Waals surface area contributed by atoms with E-state index in [0.29, 0.717) is 11.3 Å². The highest BCUT2D eigenvalue weighted by Gasteiger charge is 2.40. The van der Waals surface area contributed by atoms with Crippen LogP contribution in [0.4, 0.5) is 18.9 Å². The summed E-state index contributed by atoms with van der Waals surface area (Å²) >= 11 is 0. The van der Waals surface area contributed by atoms with Crippen LogP contribution in [0, 0.1) is 10.1 Å². The Morgan fingerprint density at radius 3 is 2.63 bits per heavy atom. The molecule has 1 aliphatic rings. The summed E-state index contributed by atoms with van der Waals surface area (Å²) in [6.07, 6.45) is -2.67. The highest BCUT2D eigenvalue weighted by atomic mass is 19.4. The summed E-state index contributed by atoms with van der Waals surface area (Å²) in [6.45, 7) is 0.672. The number of non-ortho nitro benzene ring substituents is 1. The van der Waals surface area contributed by atoms with E-state index >= 15 is 0 Å². The van der Waals surface area contributed by atoms with Crippen LogP contribution < -0.4 is 5.32 Å². The Balaban J connectivity index is 1.89. The third kappa shape index (κ3) is 4.08. The molecular weight excluding hydrogens is 369 g/mol. The number of halogens is 3. The molecule has 0 unspecified atom stereocenters. The quantitative estimate of drug-likeness (QED) is 0.631. The smallest absolute Gasteiger partial charge is 0.376 e. The van der Waals surface area contributed by atoms with Gasteiger partial charge in [-0.3, -0.25) is 14.9 Å². The van der Waals surface area contributed by atoms with Gasteiger partial charge in [-0.25, -0.2) is 4.68 Å². The molecule has 1 saturated heterocycles. The summed E-state index contributed by atoms with van der Waals surface area (Å²) in [5, 5.41) is 16.8. The van der Waals surface area contributed by atoms with Crippen molar-refractivity contribution in [2.24, 2.45) is 0 Å². The van der Waals surface area contributed by atoms with E-state index in [9.17, 15) is 28.1 Å². The minimum atomic E-state index is -4.85. The fourth-order valence-corrected chi connectivity index (χ4v) is 2.81. The van der Waals surface area contributed by atoms with Gasteiger partial charge in [0.25, 0.3) is 11.6 Å². The van der Waals surface area contributed by atoms with Gasteiger partial charge in [0, 0.05) is 25.3 Å². The van der Waals surface area contributed by atoms with E-state index in [1.807, 2.05) is 0 Å². The van der Waals surface area contributed by atoms with Gasteiger partial charge in [-0.05, 0) is 25.0 Å². The van der Waals surface area contributed by atoms with Gasteiger partial charge in [0.2, 0.25) is 0 Å². The van der Waals surface area contributed by atoms with Crippen molar-refractivity contribution in [2.45, 2.75) is 25.1 Å². The number of nitro groups is 1. The van der Waals surface area contributed by atoms with Crippen LogP contribution in [0.5, 0.6) is 0 Å². The second-order valence-corrected chi connectivity index (χ2v) is 5.93. The predicted octanol–water partition coefficient (Wildman–Crippen LogP) is 2.71. The summed E-state index contributed by atoms with van der Waals surface area (Å²) in [6, 6.07) is 4.39. The topological polar surface area (TPSA) is 99.3 Å². The van der Waals surface area contributed by atoms with E-state index in [1.165, 1.54) is 0 Å². The number of amides is 1. The molecule has 1 aromatic carbocycles. The lowest BCUT2D eigenvalue weighted by Crippen LogP contribution is -2.33. The average Bonchev–Trinajstić information content (AvgIpc) is 3.29. The number of nitrogens with one attached hydrogen (secondary N) is 1. The zero-order valence-corrected chi connectivity index (χ0v) is 13.9. The van der Waals surface area contributed by atoms with Crippen molar-refractivity contribution < 1.29 is 27.6 Å². The molecule has 144 valence electrons. The molecule has 1 fully saturated rings. The second kappa shape index (κ2) is 7.35. The van der Waals surface area contributed by atoms with Gasteiger partial charge in [0.05, 0.1) is 28.5 Å². The van der Waals surface area contributed by atoms with E-state index in [1.54, 1.807) is 0 Å². The lowest BCUT2D eigenvalue weighted by molar-refractivity contribution is -0.384. The molecule has 1 N–H and O–H groups in total. The van der Waals surface area contributed by atoms with Crippen molar-refractivity contribution in [3.05, 3.63) is 51.8 Å². The Hall–Kier alpha value is -2.95. The summed E-state index contributed by atoms with van der Waals surface area (Å²) in [4.78, 5) is 22.3. The van der Waals surface area contributed by atoms with Crippen LogP contribution in [0.2, 0.25) is 0 Å². The van der Waals surface area contributed by atoms with Crippen molar-refractivity contribution >= 4 is 11.6 Å². The number of alkyl halides is 3. The summed E-state index contributed by atoms with van der Waals surface area (Å²) < 4.78 is 46.6. The van der Waals surface area contributed by atoms with Crippen molar-refractivity contribution in [3.8, 4) is 5.69 Å². The Morgan fingerprint density at radius 2 is 2.07 bits per heavy atom. The maximum atomic E-state index is 13.6. The third-order valence-electron chi connectivity index (χ3n) is 4.10. The molecule has 8 nitrogen and oxygen atoms in total. The number of nitrogens with zero attached hydrogens (tertiary/aromatic N) is 3. The number of aromatic nitrogens is 2. The fourth-order valence-electron chi connectivity index (χ4n) is 2.81. The predicted molar refractivity (Wildman–Crippen MR) is 86.5 cm³/mol. The van der Waals surface area contributed by atoms with Crippen molar-refractivity contribution in [2.75, 3.05) is 13.2 Å². The number of ether oxygens (including phenoxy) is 1. The van der Waals surface area contributed by atoms with Crippen molar-refractivity contribution in [3.63, 3.8) is 0 Å². The van der Waals surface area contributed by atoms with Crippen LogP contribution in [0.15, 0.2) is 30.5 Å². The first-order valence-corrected chi connectivity index (χ1v) is 8.07. The Labute approximate surface area is 151 Å². The standard InChI is InChI=1S/C16H15F3N4O4/c17-16(18,19)14-13(15(24)20-8-12-2-1-7-27-12)9-21-22(14)10-3-5-11(6-4-10)23(25)26/h3-6,9,12H,1-2,7-8H2,(H,20,24)/t12-/m1/s1. The molecule has 1 atom stereocenters. The van der Waals surface area contributed by atoms with Gasteiger partial charge in [0.15, 0.2) is 5.69 Å². The molecule has 3 rings (SSSR count). The Kier molecular flexibility index (Phi) is 5.13. The van der Waals surface area contributed by atoms with Crippen molar-refractivity contribution in [1.29, 1.82) is 0 Å². The SMILES string of the molecule is O=C(NC[C@H]1CCCO1)c1cnn(-c2ccc([N+](=O)[O-])cc2)c1C(F)(F)F. The zero-order valence-electron chi connectivity index (χ0n) is 13.9. The minimum Gasteiger partial charge on any atom is -0.376 e. The molecule has 27 heavy (non-hydrogen) atoms. The van der Waals surface area contributed by atoms with E-state index in [-0.39, 0.29) is 24.0 Å². The first-order chi connectivity index (χ1) is 12.8. The number of rotatable bonds is 5. The third-order valence-corrected chi connectivity index (χ3v) is 4.10. The van der Waals surface area contributed by atoms with Gasteiger partial charge in [-0.2, -0.15) is 18.3 Å². The monoisotopic (exact) mass is 384 g/mol. The van der Waals surface area contributed by atoms with Gasteiger partial charge >= 0.3 is 6.18 Å². The average molecular weight is 384 g/mol. The Bertz CT molecular complexity index is 842. The van der Waals surface area contributed by atoms with Crippen molar-refractivity contribution in [1.82, 2.24) is 15.1 Å². The number of carbonyl (C=O) groups excluding carboxylic acids is 1. The number of carbonyl (C=O) groups is 1. The highest BCUT2D eigenvalue weighted by molar-refractivity contribution is 5.95. The van der Waals surface area contributed by atoms with Crippen LogP contribution in [0.1, 0.15) is 28.9 Å². The molecule has 2 heterocycles. The van der Waals surface area contributed by atoms with Crippen LogP contribution in [0.3, 0.4) is 0 Å². The molecule has 1 amide bonds. The van der Waals surface area contributed by atoms with Crippen LogP contribution in [-0.2, 0) is 10.9 Å². The lowest BCUT2D eigenvalue weighted by Gasteiger charge is -2.14. The fraction of sp³-hybridized carbons (Fsp3) is 0.375. The maximum absolute atomic E-state index is 13.6. The van der Waals surface area contributed by atoms with E-state index in [2.05, 4.69) is 10.4 Å². The number of hydrogen-bond acceptors (Lipinski definition) is 5. The molecule has 0 spiro atoms. The molecular formula is C16H15F3N4O4. The highest BCUT2D eigenvalue weighted by Crippen LogP contribution is 2.34. The largest absolute Gasteiger partial charge is 0.434 e. The van der Waals surface area contributed by atoms with Gasteiger partial charge < -0.3 is 10.1 Å². The molecule has 1 aromatic heterocycles. The molecule has 0 bridgehead atoms. The number of nitro benzene ring substituents is 1. The Morgan fingerprint density at radius 1 is 1.37 bits per heavy atom. The molecule has 11 heteroatoms. The van der Waals surface area contributed by atoms with E-state index < -0.39 is 28.3 Å². The minimum absolute atomic E-state index is 0.0499. The number of hydrogen-bond donors (Lipinski definition) is 1. The van der Waals surface area contributed by atoms with Gasteiger partial charge in [-0.1, -0.05) is 0 Å². The summed E-state index contributed by atoms with van der Waals surface area (Å²) in [7, 11) is 0. The number of benzene rings is 1. The molecule has 0 aliphatic carbocycles. The first-order valence-electron chi connectivity index (χ1n) is 8.07. The van der Waals surface area contributed by atoms with E-state index in [0.717, 1.165) is 43.3 Å². The second-order valence-electron chi connectivity index (χ2n) is 5.93. The van der Waals surface area contributed by atoms with Crippen LogP contribution in [-0.4, -0.2) is 39.9 Å². The summed E-state index contributed by atoms with van der Waals surface area (Å²) in [5.41, 5.74) is -2.19. The zero-order chi connectivity index (χ0) is 19.6. The normalized spacial score (nSPS) is 17.1. The molecule has 0 saturated carbocycles. The molecule has 2 aromatic rings. The molecule has 1 aliphatic heterocycles.